The zero-order valence-corrected chi connectivity index (χ0v) is 15.8. The molecule has 1 aromatic heterocycles. The zero-order valence-electron chi connectivity index (χ0n) is 15.0. The molecule has 1 heterocycles. The Hall–Kier alpha value is -1.82. The minimum atomic E-state index is -0.0331. The van der Waals surface area contributed by atoms with Gasteiger partial charge in [-0.2, -0.15) is 0 Å². The Morgan fingerprint density at radius 2 is 2.12 bits per heavy atom. The lowest BCUT2D eigenvalue weighted by atomic mass is 10.0. The molecule has 2 N–H and O–H groups in total. The molecule has 0 radical (unpaired) electrons. The van der Waals surface area contributed by atoms with Gasteiger partial charge in [0.25, 0.3) is 0 Å². The van der Waals surface area contributed by atoms with Crippen molar-refractivity contribution in [2.24, 2.45) is 5.92 Å². The molecule has 0 aliphatic heterocycles. The fourth-order valence-corrected chi connectivity index (χ4v) is 3.98. The third-order valence-electron chi connectivity index (χ3n) is 4.76. The minimum Gasteiger partial charge on any atom is -0.325 e. The maximum atomic E-state index is 12.1. The Labute approximate surface area is 153 Å². The number of aryl methyl sites for hydroxylation is 3. The first-order valence-electron chi connectivity index (χ1n) is 9.01. The van der Waals surface area contributed by atoms with Gasteiger partial charge in [0.1, 0.15) is 5.82 Å². The van der Waals surface area contributed by atoms with Gasteiger partial charge in [0.2, 0.25) is 11.1 Å². The van der Waals surface area contributed by atoms with E-state index in [0.29, 0.717) is 10.9 Å². The number of thioether (sulfide) groups is 1. The molecule has 1 aliphatic carbocycles. The summed E-state index contributed by atoms with van der Waals surface area (Å²) in [6.07, 6.45) is 7.59. The van der Waals surface area contributed by atoms with Crippen LogP contribution in [-0.2, 0) is 11.2 Å². The van der Waals surface area contributed by atoms with Gasteiger partial charge >= 0.3 is 0 Å². The molecule has 1 aromatic carbocycles. The van der Waals surface area contributed by atoms with Crippen molar-refractivity contribution in [2.75, 3.05) is 11.1 Å². The highest BCUT2D eigenvalue weighted by Crippen LogP contribution is 2.28. The van der Waals surface area contributed by atoms with E-state index in [9.17, 15) is 4.79 Å². The normalized spacial score (nSPS) is 14.8. The van der Waals surface area contributed by atoms with E-state index >= 15 is 0 Å². The molecule has 2 aromatic rings. The molecule has 0 saturated heterocycles. The molecule has 3 rings (SSSR count). The molecule has 0 unspecified atom stereocenters. The summed E-state index contributed by atoms with van der Waals surface area (Å²) < 4.78 is 0. The topological polar surface area (TPSA) is 70.7 Å². The van der Waals surface area contributed by atoms with E-state index in [0.717, 1.165) is 29.4 Å². The van der Waals surface area contributed by atoms with E-state index < -0.39 is 0 Å². The Bertz CT molecular complexity index is 722. The summed E-state index contributed by atoms with van der Waals surface area (Å²) in [5, 5.41) is 10.8. The van der Waals surface area contributed by atoms with Crippen molar-refractivity contribution >= 4 is 23.4 Å². The summed E-state index contributed by atoms with van der Waals surface area (Å²) in [5.41, 5.74) is 3.13. The molecule has 25 heavy (non-hydrogen) atoms. The van der Waals surface area contributed by atoms with Crippen LogP contribution in [0.3, 0.4) is 0 Å². The molecular weight excluding hydrogens is 332 g/mol. The van der Waals surface area contributed by atoms with E-state index in [1.165, 1.54) is 49.4 Å². The minimum absolute atomic E-state index is 0.0331. The van der Waals surface area contributed by atoms with Gasteiger partial charge in [-0.05, 0) is 37.8 Å². The third-order valence-corrected chi connectivity index (χ3v) is 5.61. The molecule has 6 heteroatoms. The molecule has 1 fully saturated rings. The average Bonchev–Trinajstić information content (AvgIpc) is 3.25. The number of H-pyrrole nitrogens is 1. The number of benzene rings is 1. The second kappa shape index (κ2) is 8.52. The smallest absolute Gasteiger partial charge is 0.234 e. The number of aromatic amines is 1. The molecular formula is C19H26N4OS. The first-order chi connectivity index (χ1) is 12.1. The molecule has 1 saturated carbocycles. The fraction of sp³-hybridized carbons (Fsp3) is 0.526. The van der Waals surface area contributed by atoms with Gasteiger partial charge in [-0.25, -0.2) is 4.98 Å². The number of carbonyl (C=O) groups is 1. The largest absolute Gasteiger partial charge is 0.325 e. The van der Waals surface area contributed by atoms with Crippen LogP contribution in [-0.4, -0.2) is 26.8 Å². The molecule has 5 nitrogen and oxygen atoms in total. The van der Waals surface area contributed by atoms with Crippen LogP contribution in [0.15, 0.2) is 23.4 Å². The predicted octanol–water partition coefficient (Wildman–Crippen LogP) is 4.28. The van der Waals surface area contributed by atoms with Crippen LogP contribution < -0.4 is 5.32 Å². The van der Waals surface area contributed by atoms with Crippen molar-refractivity contribution in [2.45, 2.75) is 57.5 Å². The van der Waals surface area contributed by atoms with Gasteiger partial charge in [-0.3, -0.25) is 9.89 Å². The number of aromatic nitrogens is 3. The standard InChI is InChI=1S/C19H26N4OS/c1-13-7-9-16(14(2)11-13)20-18(24)12-25-19-21-17(22-23-19)10-8-15-5-3-4-6-15/h7,9,11,15H,3-6,8,10,12H2,1-2H3,(H,20,24)(H,21,22,23). The SMILES string of the molecule is Cc1ccc(NC(=O)CSc2n[nH]c(CCC3CCCC3)n2)c(C)c1. The number of amides is 1. The molecule has 0 spiro atoms. The lowest BCUT2D eigenvalue weighted by Gasteiger charge is -2.08. The number of rotatable bonds is 7. The zero-order chi connectivity index (χ0) is 17.6. The van der Waals surface area contributed by atoms with Crippen molar-refractivity contribution in [3.05, 3.63) is 35.2 Å². The Morgan fingerprint density at radius 3 is 2.88 bits per heavy atom. The predicted molar refractivity (Wildman–Crippen MR) is 102 cm³/mol. The van der Waals surface area contributed by atoms with Gasteiger partial charge in [0.05, 0.1) is 5.75 Å². The van der Waals surface area contributed by atoms with Crippen LogP contribution in [0.25, 0.3) is 0 Å². The van der Waals surface area contributed by atoms with E-state index in [-0.39, 0.29) is 5.91 Å². The first kappa shape index (κ1) is 18.0. The van der Waals surface area contributed by atoms with Crippen molar-refractivity contribution in [1.82, 2.24) is 15.2 Å². The fourth-order valence-electron chi connectivity index (χ4n) is 3.36. The quantitative estimate of drug-likeness (QED) is 0.725. The molecule has 1 amide bonds. The van der Waals surface area contributed by atoms with Crippen molar-refractivity contribution < 1.29 is 4.79 Å². The second-order valence-electron chi connectivity index (χ2n) is 6.91. The second-order valence-corrected chi connectivity index (χ2v) is 7.85. The molecule has 134 valence electrons. The number of carbonyl (C=O) groups excluding carboxylic acids is 1. The maximum absolute atomic E-state index is 12.1. The highest BCUT2D eigenvalue weighted by atomic mass is 32.2. The van der Waals surface area contributed by atoms with Gasteiger partial charge in [0.15, 0.2) is 0 Å². The van der Waals surface area contributed by atoms with Crippen LogP contribution in [0, 0.1) is 19.8 Å². The van der Waals surface area contributed by atoms with E-state index in [1.807, 2.05) is 26.0 Å². The van der Waals surface area contributed by atoms with Crippen molar-refractivity contribution in [3.63, 3.8) is 0 Å². The summed E-state index contributed by atoms with van der Waals surface area (Å²) >= 11 is 1.37. The molecule has 1 aliphatic rings. The summed E-state index contributed by atoms with van der Waals surface area (Å²) in [7, 11) is 0. The number of nitrogens with one attached hydrogen (secondary N) is 2. The summed E-state index contributed by atoms with van der Waals surface area (Å²) in [4.78, 5) is 16.6. The average molecular weight is 359 g/mol. The molecule has 0 atom stereocenters. The van der Waals surface area contributed by atoms with Gasteiger partial charge in [-0.1, -0.05) is 55.1 Å². The number of hydrogen-bond donors (Lipinski definition) is 2. The van der Waals surface area contributed by atoms with Gasteiger partial charge in [-0.15, -0.1) is 5.10 Å². The van der Waals surface area contributed by atoms with E-state index in [2.05, 4.69) is 26.6 Å². The van der Waals surface area contributed by atoms with Crippen LogP contribution in [0.2, 0.25) is 0 Å². The van der Waals surface area contributed by atoms with Crippen LogP contribution in [0.4, 0.5) is 5.69 Å². The first-order valence-corrected chi connectivity index (χ1v) is 10.00. The third kappa shape index (κ3) is 5.33. The Morgan fingerprint density at radius 1 is 1.32 bits per heavy atom. The molecule has 0 bridgehead atoms. The Kier molecular flexibility index (Phi) is 6.13. The highest BCUT2D eigenvalue weighted by Gasteiger charge is 2.16. The van der Waals surface area contributed by atoms with E-state index in [4.69, 9.17) is 0 Å². The van der Waals surface area contributed by atoms with Gasteiger partial charge < -0.3 is 5.32 Å². The summed E-state index contributed by atoms with van der Waals surface area (Å²) in [6.45, 7) is 4.05. The van der Waals surface area contributed by atoms with Gasteiger partial charge in [0, 0.05) is 12.1 Å². The van der Waals surface area contributed by atoms with Crippen molar-refractivity contribution in [1.29, 1.82) is 0 Å². The summed E-state index contributed by atoms with van der Waals surface area (Å²) in [6, 6.07) is 6.01. The lowest BCUT2D eigenvalue weighted by molar-refractivity contribution is -0.113. The number of nitrogens with zero attached hydrogens (tertiary/aromatic N) is 2. The van der Waals surface area contributed by atoms with Crippen LogP contribution in [0.1, 0.15) is 49.1 Å². The summed E-state index contributed by atoms with van der Waals surface area (Å²) in [5.74, 6) is 2.07. The monoisotopic (exact) mass is 358 g/mol. The lowest BCUT2D eigenvalue weighted by Crippen LogP contribution is -2.15. The highest BCUT2D eigenvalue weighted by molar-refractivity contribution is 7.99. The maximum Gasteiger partial charge on any atom is 0.234 e. The number of anilines is 1. The number of hydrogen-bond acceptors (Lipinski definition) is 4. The Balaban J connectivity index is 1.44. The van der Waals surface area contributed by atoms with E-state index in [1.54, 1.807) is 0 Å². The van der Waals surface area contributed by atoms with Crippen LogP contribution in [0.5, 0.6) is 0 Å². The van der Waals surface area contributed by atoms with Crippen LogP contribution >= 0.6 is 11.8 Å². The van der Waals surface area contributed by atoms with Crippen molar-refractivity contribution in [3.8, 4) is 0 Å².